The summed E-state index contributed by atoms with van der Waals surface area (Å²) in [6.07, 6.45) is 75.8. The van der Waals surface area contributed by atoms with Crippen LogP contribution in [0.3, 0.4) is 0 Å². The number of ether oxygens (including phenoxy) is 3. The van der Waals surface area contributed by atoms with Gasteiger partial charge in [-0.15, -0.1) is 0 Å². The van der Waals surface area contributed by atoms with Gasteiger partial charge in [0.05, 0.1) is 0 Å². The Balaban J connectivity index is 4.56. The molecule has 0 aromatic carbocycles. The fraction of sp³-hybridized carbons (Fsp3) is 0.590. The Morgan fingerprint density at radius 2 is 0.582 bits per heavy atom. The summed E-state index contributed by atoms with van der Waals surface area (Å²) >= 11 is 0. The van der Waals surface area contributed by atoms with Gasteiger partial charge in [-0.25, -0.2) is 0 Å². The molecule has 0 spiro atoms. The maximum Gasteiger partial charge on any atom is 0.306 e. The van der Waals surface area contributed by atoms with Crippen molar-refractivity contribution in [2.75, 3.05) is 13.2 Å². The molecule has 0 saturated heterocycles. The van der Waals surface area contributed by atoms with E-state index < -0.39 is 6.10 Å². The van der Waals surface area contributed by atoms with Crippen LogP contribution in [0.15, 0.2) is 134 Å². The van der Waals surface area contributed by atoms with Gasteiger partial charge in [-0.3, -0.25) is 14.4 Å². The van der Waals surface area contributed by atoms with Gasteiger partial charge in [0.1, 0.15) is 13.2 Å². The molecule has 0 heterocycles. The molecule has 0 aliphatic heterocycles. The number of carbonyl (C=O) groups is 3. The molecule has 6 nitrogen and oxygen atoms in total. The molecular formula is C61H96O6. The van der Waals surface area contributed by atoms with E-state index in [4.69, 9.17) is 14.2 Å². The highest BCUT2D eigenvalue weighted by molar-refractivity contribution is 5.71. The number of unbranched alkanes of at least 4 members (excludes halogenated alkanes) is 13. The lowest BCUT2D eigenvalue weighted by Gasteiger charge is -2.18. The van der Waals surface area contributed by atoms with Gasteiger partial charge in [-0.1, -0.05) is 193 Å². The molecule has 0 aliphatic rings. The molecule has 1 atom stereocenters. The molecule has 0 aromatic rings. The van der Waals surface area contributed by atoms with Crippen LogP contribution < -0.4 is 0 Å². The minimum absolute atomic E-state index is 0.119. The number of hydrogen-bond acceptors (Lipinski definition) is 6. The fourth-order valence-electron chi connectivity index (χ4n) is 6.66. The van der Waals surface area contributed by atoms with E-state index in [0.29, 0.717) is 19.3 Å². The van der Waals surface area contributed by atoms with Crippen LogP contribution in [0.5, 0.6) is 0 Å². The van der Waals surface area contributed by atoms with Crippen LogP contribution in [0.1, 0.15) is 213 Å². The smallest absolute Gasteiger partial charge is 0.306 e. The second-order valence-corrected chi connectivity index (χ2v) is 17.0. The molecule has 67 heavy (non-hydrogen) atoms. The molecule has 0 radical (unpaired) electrons. The summed E-state index contributed by atoms with van der Waals surface area (Å²) in [6, 6.07) is 0. The lowest BCUT2D eigenvalue weighted by molar-refractivity contribution is -0.167. The maximum atomic E-state index is 12.8. The summed E-state index contributed by atoms with van der Waals surface area (Å²) in [5.41, 5.74) is 0. The van der Waals surface area contributed by atoms with Crippen molar-refractivity contribution in [2.45, 2.75) is 219 Å². The zero-order valence-corrected chi connectivity index (χ0v) is 42.9. The van der Waals surface area contributed by atoms with E-state index in [2.05, 4.69) is 154 Å². The van der Waals surface area contributed by atoms with Crippen LogP contribution in [0, 0.1) is 0 Å². The Morgan fingerprint density at radius 3 is 0.955 bits per heavy atom. The summed E-state index contributed by atoms with van der Waals surface area (Å²) in [5, 5.41) is 0. The Labute approximate surface area is 411 Å². The van der Waals surface area contributed by atoms with E-state index in [1.807, 2.05) is 0 Å². The van der Waals surface area contributed by atoms with Gasteiger partial charge in [0, 0.05) is 19.3 Å². The van der Waals surface area contributed by atoms with Crippen LogP contribution in [-0.2, 0) is 28.6 Å². The fourth-order valence-corrected chi connectivity index (χ4v) is 6.66. The third-order valence-electron chi connectivity index (χ3n) is 10.6. The van der Waals surface area contributed by atoms with Crippen molar-refractivity contribution in [3.8, 4) is 0 Å². The first-order valence-electron chi connectivity index (χ1n) is 26.7. The Morgan fingerprint density at radius 1 is 0.313 bits per heavy atom. The van der Waals surface area contributed by atoms with Crippen molar-refractivity contribution in [2.24, 2.45) is 0 Å². The summed E-state index contributed by atoms with van der Waals surface area (Å²) in [5.74, 6) is -1.01. The van der Waals surface area contributed by atoms with Crippen molar-refractivity contribution in [3.63, 3.8) is 0 Å². The monoisotopic (exact) mass is 925 g/mol. The topological polar surface area (TPSA) is 78.9 Å². The molecular weight excluding hydrogens is 829 g/mol. The van der Waals surface area contributed by atoms with E-state index in [0.717, 1.165) is 141 Å². The lowest BCUT2D eigenvalue weighted by atomic mass is 10.1. The van der Waals surface area contributed by atoms with Crippen LogP contribution >= 0.6 is 0 Å². The third kappa shape index (κ3) is 52.4. The predicted molar refractivity (Wildman–Crippen MR) is 288 cm³/mol. The summed E-state index contributed by atoms with van der Waals surface area (Å²) in [6.45, 7) is 6.29. The molecule has 0 aromatic heterocycles. The number of carbonyl (C=O) groups excluding carboxylic acids is 3. The molecule has 0 fully saturated rings. The quantitative estimate of drug-likeness (QED) is 0.0262. The van der Waals surface area contributed by atoms with Crippen molar-refractivity contribution in [1.29, 1.82) is 0 Å². The van der Waals surface area contributed by atoms with E-state index >= 15 is 0 Å². The first-order chi connectivity index (χ1) is 33.0. The van der Waals surface area contributed by atoms with E-state index in [-0.39, 0.29) is 37.5 Å². The van der Waals surface area contributed by atoms with Crippen molar-refractivity contribution in [3.05, 3.63) is 134 Å². The van der Waals surface area contributed by atoms with Crippen molar-refractivity contribution in [1.82, 2.24) is 0 Å². The summed E-state index contributed by atoms with van der Waals surface area (Å²) < 4.78 is 16.7. The van der Waals surface area contributed by atoms with Gasteiger partial charge >= 0.3 is 17.9 Å². The first-order valence-corrected chi connectivity index (χ1v) is 26.7. The Bertz CT molecular complexity index is 1480. The van der Waals surface area contributed by atoms with Gasteiger partial charge in [0.25, 0.3) is 0 Å². The minimum Gasteiger partial charge on any atom is -0.462 e. The first kappa shape index (κ1) is 62.5. The van der Waals surface area contributed by atoms with Gasteiger partial charge in [-0.05, 0) is 135 Å². The van der Waals surface area contributed by atoms with E-state index in [1.54, 1.807) is 0 Å². The molecule has 0 bridgehead atoms. The van der Waals surface area contributed by atoms with Gasteiger partial charge < -0.3 is 14.2 Å². The second-order valence-electron chi connectivity index (χ2n) is 17.0. The molecule has 0 saturated carbocycles. The number of rotatable bonds is 46. The average Bonchev–Trinajstić information content (AvgIpc) is 3.33. The second kappa shape index (κ2) is 54.2. The predicted octanol–water partition coefficient (Wildman–Crippen LogP) is 17.9. The minimum atomic E-state index is -0.822. The van der Waals surface area contributed by atoms with Crippen molar-refractivity contribution < 1.29 is 28.6 Å². The van der Waals surface area contributed by atoms with Crippen LogP contribution in [0.25, 0.3) is 0 Å². The zero-order chi connectivity index (χ0) is 48.6. The Hall–Kier alpha value is -4.45. The highest BCUT2D eigenvalue weighted by Crippen LogP contribution is 2.12. The van der Waals surface area contributed by atoms with Crippen LogP contribution in [-0.4, -0.2) is 37.2 Å². The number of allylic oxidation sites excluding steroid dienone is 22. The zero-order valence-electron chi connectivity index (χ0n) is 42.9. The maximum absolute atomic E-state index is 12.8. The largest absolute Gasteiger partial charge is 0.462 e. The SMILES string of the molecule is CC/C=C\C/C=C\C/C=C\C/C=C\C/C=C\CCCCCC(=O)OC[C@@H](COC(=O)CCCC/C=C\C/C=C\C/C=C\CCCCC)OC(=O)CCCCCCC/C=C\C/C=C\C/C=C\CC. The van der Waals surface area contributed by atoms with Crippen LogP contribution in [0.4, 0.5) is 0 Å². The molecule has 0 N–H and O–H groups in total. The normalized spacial score (nSPS) is 13.2. The highest BCUT2D eigenvalue weighted by Gasteiger charge is 2.19. The van der Waals surface area contributed by atoms with Gasteiger partial charge in [0.15, 0.2) is 6.10 Å². The van der Waals surface area contributed by atoms with E-state index in [1.165, 1.54) is 25.7 Å². The molecule has 0 aliphatic carbocycles. The molecule has 0 rings (SSSR count). The molecule has 6 heteroatoms. The third-order valence-corrected chi connectivity index (χ3v) is 10.6. The van der Waals surface area contributed by atoms with Crippen molar-refractivity contribution >= 4 is 17.9 Å². The van der Waals surface area contributed by atoms with Gasteiger partial charge in [-0.2, -0.15) is 0 Å². The standard InChI is InChI=1S/C61H96O6/c1-4-7-10-13-16-19-22-25-28-29-30-31-34-36-39-42-45-48-51-54-60(63)66-57-58(67-61(64)55-52-49-46-43-40-37-33-27-24-21-18-15-12-9-6-3)56-65-59(62)53-50-47-44-41-38-35-32-26-23-20-17-14-11-8-5-2/h7,9-10,12,16-21,25-28,30-33,36,38-39,41,58H,4-6,8,11,13-15,22-24,29,34-35,37,40,42-57H2,1-3H3/b10-7-,12-9-,19-16-,20-17-,21-18-,28-25-,31-30-,32-26-,33-27-,39-36-,41-38-/t58-/m1/s1. The summed E-state index contributed by atoms with van der Waals surface area (Å²) in [7, 11) is 0. The molecule has 0 unspecified atom stereocenters. The van der Waals surface area contributed by atoms with Gasteiger partial charge in [0.2, 0.25) is 0 Å². The highest BCUT2D eigenvalue weighted by atomic mass is 16.6. The molecule has 376 valence electrons. The number of esters is 3. The Kier molecular flexibility index (Phi) is 50.6. The molecule has 0 amide bonds. The van der Waals surface area contributed by atoms with Crippen LogP contribution in [0.2, 0.25) is 0 Å². The summed E-state index contributed by atoms with van der Waals surface area (Å²) in [4.78, 5) is 38.0. The van der Waals surface area contributed by atoms with E-state index in [9.17, 15) is 14.4 Å². The number of hydrogen-bond donors (Lipinski definition) is 0. The lowest BCUT2D eigenvalue weighted by Crippen LogP contribution is -2.30. The average molecular weight is 925 g/mol.